The molecule has 0 saturated heterocycles. The average Bonchev–Trinajstić information content (AvgIpc) is 2.84. The van der Waals surface area contributed by atoms with Gasteiger partial charge in [0, 0.05) is 37.8 Å². The van der Waals surface area contributed by atoms with Gasteiger partial charge in [0.25, 0.3) is 5.91 Å². The van der Waals surface area contributed by atoms with Gasteiger partial charge in [0.2, 0.25) is 5.91 Å². The number of nitrogens with one attached hydrogen (secondary N) is 1. The summed E-state index contributed by atoms with van der Waals surface area (Å²) in [6, 6.07) is 7.10. The Morgan fingerprint density at radius 2 is 1.86 bits per heavy atom. The number of carbonyl (C=O) groups excluding carboxylic acids is 2. The van der Waals surface area contributed by atoms with Gasteiger partial charge in [-0.05, 0) is 43.0 Å². The van der Waals surface area contributed by atoms with E-state index in [0.717, 1.165) is 19.3 Å². The van der Waals surface area contributed by atoms with Gasteiger partial charge in [0.05, 0.1) is 0 Å². The summed E-state index contributed by atoms with van der Waals surface area (Å²) in [6.45, 7) is 0. The molecule has 2 atom stereocenters. The van der Waals surface area contributed by atoms with Gasteiger partial charge in [-0.1, -0.05) is 6.42 Å². The summed E-state index contributed by atoms with van der Waals surface area (Å²) in [7, 11) is 3.42. The number of hydrogen-bond donors (Lipinski definition) is 2. The molecule has 6 heteroatoms. The predicted octanol–water partition coefficient (Wildman–Crippen LogP) is 2.27. The van der Waals surface area contributed by atoms with Gasteiger partial charge in [0.15, 0.2) is 0 Å². The van der Waals surface area contributed by atoms with Crippen molar-refractivity contribution >= 4 is 29.9 Å². The van der Waals surface area contributed by atoms with E-state index < -0.39 is 0 Å². The van der Waals surface area contributed by atoms with E-state index in [1.165, 1.54) is 4.90 Å². The normalized spacial score (nSPS) is 20.1. The lowest BCUT2D eigenvalue weighted by molar-refractivity contribution is -0.117. The fourth-order valence-corrected chi connectivity index (χ4v) is 2.72. The minimum absolute atomic E-state index is 0. The van der Waals surface area contributed by atoms with Crippen LogP contribution in [-0.4, -0.2) is 36.9 Å². The number of halogens is 1. The zero-order chi connectivity index (χ0) is 15.4. The Kier molecular flexibility index (Phi) is 6.84. The molecule has 2 amide bonds. The molecule has 1 aromatic carbocycles. The van der Waals surface area contributed by atoms with Crippen molar-refractivity contribution in [3.8, 4) is 0 Å². The third-order valence-corrected chi connectivity index (χ3v) is 3.99. The molecular weight excluding hydrogens is 302 g/mol. The molecule has 3 N–H and O–H groups in total. The Hall–Kier alpha value is -1.59. The molecule has 2 rings (SSSR count). The van der Waals surface area contributed by atoms with E-state index in [1.807, 2.05) is 0 Å². The molecule has 0 spiro atoms. The van der Waals surface area contributed by atoms with Crippen molar-refractivity contribution in [2.45, 2.75) is 31.7 Å². The molecule has 1 fully saturated rings. The molecule has 22 heavy (non-hydrogen) atoms. The van der Waals surface area contributed by atoms with Crippen LogP contribution >= 0.6 is 12.4 Å². The summed E-state index contributed by atoms with van der Waals surface area (Å²) < 4.78 is 0. The van der Waals surface area contributed by atoms with Crippen molar-refractivity contribution in [2.75, 3.05) is 19.4 Å². The van der Waals surface area contributed by atoms with E-state index in [-0.39, 0.29) is 30.3 Å². The van der Waals surface area contributed by atoms with Crippen LogP contribution in [0.3, 0.4) is 0 Å². The van der Waals surface area contributed by atoms with Gasteiger partial charge < -0.3 is 16.0 Å². The quantitative estimate of drug-likeness (QED) is 0.891. The predicted molar refractivity (Wildman–Crippen MR) is 90.3 cm³/mol. The first-order valence-electron chi connectivity index (χ1n) is 7.34. The number of amides is 2. The smallest absolute Gasteiger partial charge is 0.253 e. The molecule has 0 heterocycles. The molecule has 1 aliphatic carbocycles. The number of rotatable bonds is 4. The Labute approximate surface area is 137 Å². The Bertz CT molecular complexity index is 517. The van der Waals surface area contributed by atoms with Crippen LogP contribution in [0.15, 0.2) is 24.3 Å². The van der Waals surface area contributed by atoms with Gasteiger partial charge in [-0.2, -0.15) is 0 Å². The molecule has 1 saturated carbocycles. The van der Waals surface area contributed by atoms with Crippen molar-refractivity contribution in [2.24, 2.45) is 11.7 Å². The molecule has 0 bridgehead atoms. The van der Waals surface area contributed by atoms with E-state index in [9.17, 15) is 9.59 Å². The number of hydrogen-bond acceptors (Lipinski definition) is 3. The van der Waals surface area contributed by atoms with Gasteiger partial charge in [-0.25, -0.2) is 0 Å². The summed E-state index contributed by atoms with van der Waals surface area (Å²) in [5.41, 5.74) is 7.30. The largest absolute Gasteiger partial charge is 0.345 e. The zero-order valence-electron chi connectivity index (χ0n) is 13.0. The van der Waals surface area contributed by atoms with Gasteiger partial charge in [-0.15, -0.1) is 12.4 Å². The van der Waals surface area contributed by atoms with Crippen molar-refractivity contribution in [3.05, 3.63) is 29.8 Å². The van der Waals surface area contributed by atoms with Crippen molar-refractivity contribution in [3.63, 3.8) is 0 Å². The number of nitrogens with zero attached hydrogens (tertiary/aromatic N) is 1. The SMILES string of the molecule is CN(C)C(=O)c1ccc(NC(=O)C[C@@H]2CCC[C@H]2N)cc1.Cl. The summed E-state index contributed by atoms with van der Waals surface area (Å²) >= 11 is 0. The summed E-state index contributed by atoms with van der Waals surface area (Å²) in [5.74, 6) is 0.230. The number of benzene rings is 1. The molecular formula is C16H24ClN3O2. The van der Waals surface area contributed by atoms with Crippen molar-refractivity contribution in [1.29, 1.82) is 0 Å². The second kappa shape index (κ2) is 8.15. The maximum Gasteiger partial charge on any atom is 0.253 e. The summed E-state index contributed by atoms with van der Waals surface area (Å²) in [6.07, 6.45) is 3.63. The number of nitrogens with two attached hydrogens (primary N) is 1. The lowest BCUT2D eigenvalue weighted by atomic mass is 10.00. The first kappa shape index (κ1) is 18.5. The van der Waals surface area contributed by atoms with Crippen LogP contribution in [0.2, 0.25) is 0 Å². The van der Waals surface area contributed by atoms with E-state index in [0.29, 0.717) is 23.6 Å². The molecule has 122 valence electrons. The molecule has 1 aliphatic rings. The van der Waals surface area contributed by atoms with Crippen LogP contribution in [0.4, 0.5) is 5.69 Å². The highest BCUT2D eigenvalue weighted by atomic mass is 35.5. The summed E-state index contributed by atoms with van der Waals surface area (Å²) in [4.78, 5) is 25.3. The highest BCUT2D eigenvalue weighted by Gasteiger charge is 2.25. The van der Waals surface area contributed by atoms with Gasteiger partial charge in [0.1, 0.15) is 0 Å². The molecule has 0 radical (unpaired) electrons. The monoisotopic (exact) mass is 325 g/mol. The molecule has 0 aromatic heterocycles. The highest BCUT2D eigenvalue weighted by Crippen LogP contribution is 2.27. The molecule has 0 aliphatic heterocycles. The lowest BCUT2D eigenvalue weighted by Gasteiger charge is -2.15. The highest BCUT2D eigenvalue weighted by molar-refractivity contribution is 5.95. The fraction of sp³-hybridized carbons (Fsp3) is 0.500. The van der Waals surface area contributed by atoms with Gasteiger partial charge >= 0.3 is 0 Å². The topological polar surface area (TPSA) is 75.4 Å². The standard InChI is InChI=1S/C16H23N3O2.ClH/c1-19(2)16(21)11-6-8-13(9-7-11)18-15(20)10-12-4-3-5-14(12)17;/h6-9,12,14H,3-5,10,17H2,1-2H3,(H,18,20);1H/t12-,14+;/m0./s1. The maximum atomic E-state index is 12.0. The number of carbonyl (C=O) groups is 2. The van der Waals surface area contributed by atoms with Crippen molar-refractivity contribution < 1.29 is 9.59 Å². The molecule has 1 aromatic rings. The maximum absolute atomic E-state index is 12.0. The second-order valence-corrected chi connectivity index (χ2v) is 5.88. The van der Waals surface area contributed by atoms with E-state index in [1.54, 1.807) is 38.4 Å². The minimum atomic E-state index is -0.0511. The van der Waals surface area contributed by atoms with Crippen molar-refractivity contribution in [1.82, 2.24) is 4.90 Å². The molecule has 5 nitrogen and oxygen atoms in total. The van der Waals surface area contributed by atoms with Crippen LogP contribution in [0.5, 0.6) is 0 Å². The third-order valence-electron chi connectivity index (χ3n) is 3.99. The van der Waals surface area contributed by atoms with E-state index in [2.05, 4.69) is 5.32 Å². The zero-order valence-corrected chi connectivity index (χ0v) is 13.9. The van der Waals surface area contributed by atoms with Crippen LogP contribution in [0.25, 0.3) is 0 Å². The Morgan fingerprint density at radius 1 is 1.23 bits per heavy atom. The van der Waals surface area contributed by atoms with Crippen LogP contribution < -0.4 is 11.1 Å². The average molecular weight is 326 g/mol. The minimum Gasteiger partial charge on any atom is -0.345 e. The van der Waals surface area contributed by atoms with Gasteiger partial charge in [-0.3, -0.25) is 9.59 Å². The first-order valence-corrected chi connectivity index (χ1v) is 7.34. The molecule has 0 unspecified atom stereocenters. The Morgan fingerprint density at radius 3 is 2.36 bits per heavy atom. The number of anilines is 1. The van der Waals surface area contributed by atoms with E-state index in [4.69, 9.17) is 5.73 Å². The summed E-state index contributed by atoms with van der Waals surface area (Å²) in [5, 5.41) is 2.87. The van der Waals surface area contributed by atoms with E-state index >= 15 is 0 Å². The van der Waals surface area contributed by atoms with Crippen LogP contribution in [0, 0.1) is 5.92 Å². The van der Waals surface area contributed by atoms with Crippen LogP contribution in [0.1, 0.15) is 36.0 Å². The lowest BCUT2D eigenvalue weighted by Crippen LogP contribution is -2.28. The van der Waals surface area contributed by atoms with Crippen LogP contribution in [-0.2, 0) is 4.79 Å². The second-order valence-electron chi connectivity index (χ2n) is 5.88. The first-order chi connectivity index (χ1) is 9.97. The Balaban J connectivity index is 0.00000242. The third kappa shape index (κ3) is 4.71. The fourth-order valence-electron chi connectivity index (χ4n) is 2.72.